The first-order valence-corrected chi connectivity index (χ1v) is 6.82. The molecule has 0 heterocycles. The van der Waals surface area contributed by atoms with E-state index in [-0.39, 0.29) is 12.2 Å². The maximum atomic E-state index is 13.4. The van der Waals surface area contributed by atoms with Crippen LogP contribution >= 0.6 is 0 Å². The Balaban J connectivity index is 1.79. The number of anilines is 2. The number of carbonyl (C=O) groups is 2. The Morgan fingerprint density at radius 2 is 1.74 bits per heavy atom. The summed E-state index contributed by atoms with van der Waals surface area (Å²) in [6, 6.07) is 12.0. The van der Waals surface area contributed by atoms with Gasteiger partial charge in [0.05, 0.1) is 19.3 Å². The van der Waals surface area contributed by atoms with Crippen LogP contribution in [0.3, 0.4) is 0 Å². The van der Waals surface area contributed by atoms with E-state index >= 15 is 0 Å². The number of halogens is 1. The minimum absolute atomic E-state index is 0.0647. The highest BCUT2D eigenvalue weighted by Gasteiger charge is 2.08. The molecule has 0 aromatic heterocycles. The summed E-state index contributed by atoms with van der Waals surface area (Å²) in [5.74, 6) is -0.399. The third-order valence-corrected chi connectivity index (χ3v) is 2.91. The minimum Gasteiger partial charge on any atom is -0.497 e. The number of hydrogen-bond acceptors (Lipinski definition) is 3. The predicted octanol–water partition coefficient (Wildman–Crippen LogP) is 2.59. The second-order valence-electron chi connectivity index (χ2n) is 4.56. The lowest BCUT2D eigenvalue weighted by Crippen LogP contribution is -2.35. The molecule has 0 atom stereocenters. The van der Waals surface area contributed by atoms with Gasteiger partial charge in [-0.3, -0.25) is 4.79 Å². The van der Waals surface area contributed by atoms with Gasteiger partial charge in [0.2, 0.25) is 5.91 Å². The van der Waals surface area contributed by atoms with Crippen LogP contribution in [-0.2, 0) is 4.79 Å². The molecule has 0 spiro atoms. The Bertz CT molecular complexity index is 689. The van der Waals surface area contributed by atoms with E-state index < -0.39 is 17.8 Å². The van der Waals surface area contributed by atoms with Crippen LogP contribution in [0.2, 0.25) is 0 Å². The van der Waals surface area contributed by atoms with E-state index in [1.807, 2.05) is 0 Å². The first kappa shape index (κ1) is 16.3. The molecular weight excluding hydrogens is 301 g/mol. The summed E-state index contributed by atoms with van der Waals surface area (Å²) >= 11 is 0. The third kappa shape index (κ3) is 4.99. The molecule has 2 aromatic carbocycles. The van der Waals surface area contributed by atoms with Gasteiger partial charge in [-0.2, -0.15) is 0 Å². The molecule has 0 radical (unpaired) electrons. The van der Waals surface area contributed by atoms with Crippen LogP contribution in [-0.4, -0.2) is 25.6 Å². The van der Waals surface area contributed by atoms with Gasteiger partial charge in [-0.25, -0.2) is 9.18 Å². The topological polar surface area (TPSA) is 79.5 Å². The third-order valence-electron chi connectivity index (χ3n) is 2.91. The van der Waals surface area contributed by atoms with Crippen LogP contribution in [0.4, 0.5) is 20.6 Å². The van der Waals surface area contributed by atoms with Gasteiger partial charge in [-0.15, -0.1) is 0 Å². The highest BCUT2D eigenvalue weighted by molar-refractivity contribution is 5.97. The fourth-order valence-corrected chi connectivity index (χ4v) is 1.77. The van der Waals surface area contributed by atoms with Crippen LogP contribution in [0.1, 0.15) is 0 Å². The van der Waals surface area contributed by atoms with E-state index in [4.69, 9.17) is 4.74 Å². The predicted molar refractivity (Wildman–Crippen MR) is 85.0 cm³/mol. The number of nitrogens with one attached hydrogen (secondary N) is 3. The van der Waals surface area contributed by atoms with Crippen LogP contribution in [0.15, 0.2) is 48.5 Å². The quantitative estimate of drug-likeness (QED) is 0.793. The maximum absolute atomic E-state index is 13.4. The van der Waals surface area contributed by atoms with Gasteiger partial charge in [-0.1, -0.05) is 12.1 Å². The average molecular weight is 317 g/mol. The molecule has 0 unspecified atom stereocenters. The molecular formula is C16H16FN3O3. The van der Waals surface area contributed by atoms with Crippen LogP contribution in [0.5, 0.6) is 5.75 Å². The molecule has 6 nitrogen and oxygen atoms in total. The Morgan fingerprint density at radius 3 is 2.39 bits per heavy atom. The van der Waals surface area contributed by atoms with Gasteiger partial charge < -0.3 is 20.7 Å². The maximum Gasteiger partial charge on any atom is 0.319 e. The lowest BCUT2D eigenvalue weighted by molar-refractivity contribution is -0.115. The van der Waals surface area contributed by atoms with Gasteiger partial charge in [0, 0.05) is 5.69 Å². The Labute approximate surface area is 132 Å². The van der Waals surface area contributed by atoms with E-state index in [1.165, 1.54) is 18.2 Å². The van der Waals surface area contributed by atoms with Gasteiger partial charge in [0.25, 0.3) is 0 Å². The zero-order valence-electron chi connectivity index (χ0n) is 12.4. The van der Waals surface area contributed by atoms with Crippen molar-refractivity contribution in [1.82, 2.24) is 5.32 Å². The fourth-order valence-electron chi connectivity index (χ4n) is 1.77. The molecule has 0 fully saturated rings. The van der Waals surface area contributed by atoms with Crippen molar-refractivity contribution in [3.05, 3.63) is 54.3 Å². The Hall–Kier alpha value is -3.09. The summed E-state index contributed by atoms with van der Waals surface area (Å²) in [7, 11) is 1.54. The summed E-state index contributed by atoms with van der Waals surface area (Å²) in [6.45, 7) is -0.281. The van der Waals surface area contributed by atoms with E-state index in [2.05, 4.69) is 16.0 Å². The summed E-state index contributed by atoms with van der Waals surface area (Å²) in [4.78, 5) is 23.4. The summed E-state index contributed by atoms with van der Waals surface area (Å²) in [5.41, 5.74) is 0.618. The standard InChI is InChI=1S/C16H16FN3O3/c1-23-12-8-6-11(7-9-12)19-16(22)18-10-15(21)20-14-5-3-2-4-13(14)17/h2-9H,10H2,1H3,(H,20,21)(H2,18,19,22). The normalized spacial score (nSPS) is 9.83. The van der Waals surface area contributed by atoms with Crippen molar-refractivity contribution in [2.75, 3.05) is 24.3 Å². The second kappa shape index (κ2) is 7.79. The van der Waals surface area contributed by atoms with Crippen LogP contribution < -0.4 is 20.7 Å². The van der Waals surface area contributed by atoms with Gasteiger partial charge in [0.15, 0.2) is 0 Å². The molecule has 0 saturated carbocycles. The first-order valence-electron chi connectivity index (χ1n) is 6.82. The zero-order valence-corrected chi connectivity index (χ0v) is 12.4. The lowest BCUT2D eigenvalue weighted by Gasteiger charge is -2.09. The second-order valence-corrected chi connectivity index (χ2v) is 4.56. The number of carbonyl (C=O) groups excluding carboxylic acids is 2. The number of amides is 3. The highest BCUT2D eigenvalue weighted by atomic mass is 19.1. The fraction of sp³-hybridized carbons (Fsp3) is 0.125. The summed E-state index contributed by atoms with van der Waals surface area (Å²) in [6.07, 6.45) is 0. The molecule has 23 heavy (non-hydrogen) atoms. The van der Waals surface area contributed by atoms with Crippen LogP contribution in [0, 0.1) is 5.82 Å². The van der Waals surface area contributed by atoms with Crippen molar-refractivity contribution in [2.24, 2.45) is 0 Å². The van der Waals surface area contributed by atoms with Crippen molar-refractivity contribution < 1.29 is 18.7 Å². The Kier molecular flexibility index (Phi) is 5.51. The van der Waals surface area contributed by atoms with Gasteiger partial charge in [0.1, 0.15) is 11.6 Å². The number of rotatable bonds is 5. The largest absolute Gasteiger partial charge is 0.497 e. The highest BCUT2D eigenvalue weighted by Crippen LogP contribution is 2.14. The molecule has 2 aromatic rings. The summed E-state index contributed by atoms with van der Waals surface area (Å²) < 4.78 is 18.4. The van der Waals surface area contributed by atoms with Crippen molar-refractivity contribution in [3.8, 4) is 5.75 Å². The van der Waals surface area contributed by atoms with Gasteiger partial charge in [-0.05, 0) is 36.4 Å². The molecule has 0 bridgehead atoms. The van der Waals surface area contributed by atoms with E-state index in [0.717, 1.165) is 0 Å². The van der Waals surface area contributed by atoms with E-state index in [0.29, 0.717) is 11.4 Å². The number of hydrogen-bond donors (Lipinski definition) is 3. The van der Waals surface area contributed by atoms with Crippen LogP contribution in [0.25, 0.3) is 0 Å². The number of urea groups is 1. The monoisotopic (exact) mass is 317 g/mol. The van der Waals surface area contributed by atoms with E-state index in [9.17, 15) is 14.0 Å². The molecule has 0 aliphatic rings. The Morgan fingerprint density at radius 1 is 1.04 bits per heavy atom. The molecule has 0 saturated heterocycles. The van der Waals surface area contributed by atoms with Gasteiger partial charge >= 0.3 is 6.03 Å². The minimum atomic E-state index is -0.543. The number of benzene rings is 2. The lowest BCUT2D eigenvalue weighted by atomic mass is 10.3. The molecule has 0 aliphatic heterocycles. The molecule has 3 N–H and O–H groups in total. The number of para-hydroxylation sites is 1. The van der Waals surface area contributed by atoms with Crippen molar-refractivity contribution in [3.63, 3.8) is 0 Å². The first-order chi connectivity index (χ1) is 11.1. The number of ether oxygens (including phenoxy) is 1. The SMILES string of the molecule is COc1ccc(NC(=O)NCC(=O)Nc2ccccc2F)cc1. The van der Waals surface area contributed by atoms with Crippen molar-refractivity contribution in [1.29, 1.82) is 0 Å². The summed E-state index contributed by atoms with van der Waals surface area (Å²) in [5, 5.41) is 7.32. The zero-order chi connectivity index (χ0) is 16.7. The molecule has 7 heteroatoms. The van der Waals surface area contributed by atoms with Crippen molar-refractivity contribution in [2.45, 2.75) is 0 Å². The van der Waals surface area contributed by atoms with E-state index in [1.54, 1.807) is 37.4 Å². The molecule has 120 valence electrons. The molecule has 0 aliphatic carbocycles. The molecule has 3 amide bonds. The van der Waals surface area contributed by atoms with Crippen molar-refractivity contribution >= 4 is 23.3 Å². The molecule has 2 rings (SSSR count). The smallest absolute Gasteiger partial charge is 0.319 e. The number of methoxy groups -OCH3 is 1. The average Bonchev–Trinajstić information content (AvgIpc) is 2.56.